The number of allylic oxidation sites excluding steroid dienone is 2. The van der Waals surface area contributed by atoms with Crippen molar-refractivity contribution in [2.24, 2.45) is 0 Å². The molecule has 0 radical (unpaired) electrons. The second kappa shape index (κ2) is 9.29. The summed E-state index contributed by atoms with van der Waals surface area (Å²) < 4.78 is 51.8. The number of alkyl halides is 4. The molecular formula is C17H22F4N4OS. The number of aryl methyl sites for hydroxylation is 1. The van der Waals surface area contributed by atoms with Crippen molar-refractivity contribution < 1.29 is 22.4 Å². The standard InChI is InChI=1S/C17H22F4N4OS/c1-3-24(15(26)6-8-27-11-17(20,21)16(18)19)14-10-25(23-12(14)2)13-5-4-7-22-9-13/h4-5,7,10,16,22H,3,6,8-9,11H2,1-2H3. The summed E-state index contributed by atoms with van der Waals surface area (Å²) in [7, 11) is 0. The molecular weight excluding hydrogens is 384 g/mol. The van der Waals surface area contributed by atoms with Crippen LogP contribution in [-0.2, 0) is 4.79 Å². The van der Waals surface area contributed by atoms with Crippen LogP contribution in [0, 0.1) is 6.92 Å². The molecule has 0 aromatic carbocycles. The minimum absolute atomic E-state index is 0.0184. The quantitative estimate of drug-likeness (QED) is 0.504. The number of amides is 1. The fraction of sp³-hybridized carbons (Fsp3) is 0.529. The van der Waals surface area contributed by atoms with Crippen LogP contribution in [-0.4, -0.2) is 52.6 Å². The van der Waals surface area contributed by atoms with Crippen molar-refractivity contribution in [3.63, 3.8) is 0 Å². The number of hydrogen-bond acceptors (Lipinski definition) is 4. The Morgan fingerprint density at radius 1 is 1.48 bits per heavy atom. The van der Waals surface area contributed by atoms with E-state index in [0.717, 1.165) is 5.70 Å². The van der Waals surface area contributed by atoms with Gasteiger partial charge in [-0.2, -0.15) is 25.6 Å². The van der Waals surface area contributed by atoms with Gasteiger partial charge in [0, 0.05) is 18.7 Å². The van der Waals surface area contributed by atoms with Crippen LogP contribution in [0.25, 0.3) is 5.70 Å². The highest BCUT2D eigenvalue weighted by atomic mass is 32.2. The molecule has 0 saturated carbocycles. The number of nitrogens with zero attached hydrogens (tertiary/aromatic N) is 3. The van der Waals surface area contributed by atoms with E-state index in [9.17, 15) is 22.4 Å². The van der Waals surface area contributed by atoms with E-state index in [1.807, 2.05) is 18.4 Å². The Kier molecular flexibility index (Phi) is 7.34. The summed E-state index contributed by atoms with van der Waals surface area (Å²) in [6.45, 7) is 4.58. The van der Waals surface area contributed by atoms with E-state index in [-0.39, 0.29) is 18.1 Å². The molecule has 0 fully saturated rings. The number of aromatic nitrogens is 2. The van der Waals surface area contributed by atoms with Crippen molar-refractivity contribution in [3.8, 4) is 0 Å². The van der Waals surface area contributed by atoms with Crippen molar-refractivity contribution in [3.05, 3.63) is 30.2 Å². The molecule has 0 bridgehead atoms. The third-order valence-electron chi connectivity index (χ3n) is 3.94. The lowest BCUT2D eigenvalue weighted by molar-refractivity contribution is -0.118. The Bertz CT molecular complexity index is 718. The number of thioether (sulfide) groups is 1. The first kappa shape index (κ1) is 21.3. The van der Waals surface area contributed by atoms with Gasteiger partial charge in [-0.25, -0.2) is 13.5 Å². The van der Waals surface area contributed by atoms with E-state index in [2.05, 4.69) is 10.4 Å². The molecule has 0 spiro atoms. The number of rotatable bonds is 9. The molecule has 1 aromatic heterocycles. The first-order chi connectivity index (χ1) is 12.8. The molecule has 1 aliphatic heterocycles. The zero-order valence-electron chi connectivity index (χ0n) is 15.1. The van der Waals surface area contributed by atoms with Crippen molar-refractivity contribution in [1.29, 1.82) is 0 Å². The van der Waals surface area contributed by atoms with E-state index < -0.39 is 18.1 Å². The number of carbonyl (C=O) groups is 1. The number of carbonyl (C=O) groups excluding carboxylic acids is 1. The van der Waals surface area contributed by atoms with E-state index in [0.29, 0.717) is 36.2 Å². The number of halogens is 4. The molecule has 0 atom stereocenters. The molecule has 10 heteroatoms. The SMILES string of the molecule is CCN(C(=O)CCSCC(F)(F)C(F)F)c1cn(C2=CC=CNC2)nc1C. The lowest BCUT2D eigenvalue weighted by atomic mass is 10.3. The molecule has 1 amide bonds. The largest absolute Gasteiger partial charge is 0.385 e. The van der Waals surface area contributed by atoms with Crippen molar-refractivity contribution in [2.45, 2.75) is 32.6 Å². The molecule has 0 saturated heterocycles. The molecule has 1 aliphatic rings. The molecule has 2 heterocycles. The minimum Gasteiger partial charge on any atom is -0.385 e. The third-order valence-corrected chi connectivity index (χ3v) is 5.02. The van der Waals surface area contributed by atoms with Gasteiger partial charge in [0.2, 0.25) is 5.91 Å². The van der Waals surface area contributed by atoms with Crippen molar-refractivity contribution in [2.75, 3.05) is 29.5 Å². The number of dihydropyridines is 1. The van der Waals surface area contributed by atoms with E-state index >= 15 is 0 Å². The van der Waals surface area contributed by atoms with Crippen LogP contribution in [0.15, 0.2) is 24.5 Å². The van der Waals surface area contributed by atoms with E-state index in [4.69, 9.17) is 0 Å². The van der Waals surface area contributed by atoms with Crippen LogP contribution in [0.2, 0.25) is 0 Å². The van der Waals surface area contributed by atoms with Crippen LogP contribution in [0.5, 0.6) is 0 Å². The Labute approximate surface area is 159 Å². The van der Waals surface area contributed by atoms with E-state index in [1.165, 1.54) is 4.90 Å². The van der Waals surface area contributed by atoms with Gasteiger partial charge in [0.25, 0.3) is 0 Å². The second-order valence-corrected chi connectivity index (χ2v) is 7.05. The summed E-state index contributed by atoms with van der Waals surface area (Å²) in [5, 5.41) is 7.50. The highest BCUT2D eigenvalue weighted by Crippen LogP contribution is 2.28. The lowest BCUT2D eigenvalue weighted by Gasteiger charge is -2.20. The zero-order valence-corrected chi connectivity index (χ0v) is 15.9. The third kappa shape index (κ3) is 5.50. The van der Waals surface area contributed by atoms with Gasteiger partial charge < -0.3 is 10.2 Å². The number of hydrogen-bond donors (Lipinski definition) is 1. The monoisotopic (exact) mass is 406 g/mol. The average molecular weight is 406 g/mol. The second-order valence-electron chi connectivity index (χ2n) is 5.94. The molecule has 27 heavy (non-hydrogen) atoms. The maximum absolute atomic E-state index is 12.9. The Morgan fingerprint density at radius 3 is 2.81 bits per heavy atom. The fourth-order valence-corrected chi connectivity index (χ4v) is 3.38. The smallest absolute Gasteiger partial charge is 0.316 e. The zero-order chi connectivity index (χ0) is 20.0. The van der Waals surface area contributed by atoms with Gasteiger partial charge in [-0.05, 0) is 32.2 Å². The fourth-order valence-electron chi connectivity index (χ4n) is 2.52. The van der Waals surface area contributed by atoms with Crippen molar-refractivity contribution >= 4 is 29.1 Å². The summed E-state index contributed by atoms with van der Waals surface area (Å²) in [5.74, 6) is -5.25. The van der Waals surface area contributed by atoms with Gasteiger partial charge in [0.1, 0.15) is 0 Å². The van der Waals surface area contributed by atoms with Gasteiger partial charge in [0.05, 0.1) is 35.6 Å². The average Bonchev–Trinajstić information content (AvgIpc) is 3.02. The summed E-state index contributed by atoms with van der Waals surface area (Å²) >= 11 is 0.649. The maximum atomic E-state index is 12.9. The molecule has 0 unspecified atom stereocenters. The summed E-state index contributed by atoms with van der Waals surface area (Å²) in [6.07, 6.45) is 3.61. The first-order valence-electron chi connectivity index (χ1n) is 8.46. The number of nitrogens with one attached hydrogen (secondary N) is 1. The molecule has 1 aromatic rings. The van der Waals surface area contributed by atoms with Crippen LogP contribution in [0.3, 0.4) is 0 Å². The molecule has 150 valence electrons. The first-order valence-corrected chi connectivity index (χ1v) is 9.61. The molecule has 5 nitrogen and oxygen atoms in total. The van der Waals surface area contributed by atoms with Crippen molar-refractivity contribution in [1.82, 2.24) is 15.1 Å². The predicted molar refractivity (Wildman–Crippen MR) is 99.3 cm³/mol. The Balaban J connectivity index is 1.97. The van der Waals surface area contributed by atoms with Gasteiger partial charge >= 0.3 is 12.3 Å². The lowest BCUT2D eigenvalue weighted by Crippen LogP contribution is -2.32. The summed E-state index contributed by atoms with van der Waals surface area (Å²) in [5.41, 5.74) is 2.22. The predicted octanol–water partition coefficient (Wildman–Crippen LogP) is 3.53. The molecule has 0 aliphatic carbocycles. The van der Waals surface area contributed by atoms with Gasteiger partial charge in [-0.3, -0.25) is 4.79 Å². The van der Waals surface area contributed by atoms with Gasteiger partial charge in [-0.1, -0.05) is 0 Å². The van der Waals surface area contributed by atoms with Crippen LogP contribution in [0.4, 0.5) is 23.2 Å². The van der Waals surface area contributed by atoms with E-state index in [1.54, 1.807) is 24.7 Å². The highest BCUT2D eigenvalue weighted by Gasteiger charge is 2.40. The highest BCUT2D eigenvalue weighted by molar-refractivity contribution is 7.99. The number of anilines is 1. The van der Waals surface area contributed by atoms with Crippen LogP contribution >= 0.6 is 11.8 Å². The van der Waals surface area contributed by atoms with Gasteiger partial charge in [-0.15, -0.1) is 0 Å². The topological polar surface area (TPSA) is 50.2 Å². The summed E-state index contributed by atoms with van der Waals surface area (Å²) in [4.78, 5) is 14.0. The Hall–Kier alpha value is -1.97. The molecule has 1 N–H and O–H groups in total. The summed E-state index contributed by atoms with van der Waals surface area (Å²) in [6, 6.07) is 0. The van der Waals surface area contributed by atoms with Crippen LogP contribution in [0.1, 0.15) is 19.0 Å². The normalized spacial score (nSPS) is 14.3. The Morgan fingerprint density at radius 2 is 2.22 bits per heavy atom. The minimum atomic E-state index is -4.04. The van der Waals surface area contributed by atoms with Gasteiger partial charge in [0.15, 0.2) is 0 Å². The maximum Gasteiger partial charge on any atom is 0.316 e. The molecule has 2 rings (SSSR count). The van der Waals surface area contributed by atoms with Crippen LogP contribution < -0.4 is 10.2 Å².